The molecule has 0 radical (unpaired) electrons. The summed E-state index contributed by atoms with van der Waals surface area (Å²) in [4.78, 5) is 16.4. The van der Waals surface area contributed by atoms with Gasteiger partial charge >= 0.3 is 0 Å². The molecular formula is C14H10BrN3OS. The van der Waals surface area contributed by atoms with Gasteiger partial charge < -0.3 is 11.1 Å². The summed E-state index contributed by atoms with van der Waals surface area (Å²) < 4.78 is 1.82. The molecule has 0 fully saturated rings. The molecule has 2 aromatic carbocycles. The van der Waals surface area contributed by atoms with E-state index < -0.39 is 0 Å². The van der Waals surface area contributed by atoms with Gasteiger partial charge in [-0.05, 0) is 52.3 Å². The molecule has 4 nitrogen and oxygen atoms in total. The van der Waals surface area contributed by atoms with Crippen molar-refractivity contribution in [3.8, 4) is 0 Å². The Morgan fingerprint density at radius 2 is 2.10 bits per heavy atom. The second-order valence-electron chi connectivity index (χ2n) is 4.23. The standard InChI is InChI=1S/C14H10BrN3OS/c15-10-3-1-8(5-11(10)16)14(19)18-9-2-4-12-13(6-9)20-7-17-12/h1-7H,16H2,(H,18,19). The molecule has 6 heteroatoms. The molecule has 100 valence electrons. The molecule has 1 aromatic heterocycles. The molecule has 0 spiro atoms. The summed E-state index contributed by atoms with van der Waals surface area (Å²) in [7, 11) is 0. The number of amides is 1. The third-order valence-corrected chi connectivity index (χ3v) is 4.36. The molecule has 0 bridgehead atoms. The number of aromatic nitrogens is 1. The van der Waals surface area contributed by atoms with Crippen LogP contribution < -0.4 is 11.1 Å². The Kier molecular flexibility index (Phi) is 3.42. The minimum absolute atomic E-state index is 0.187. The fourth-order valence-electron chi connectivity index (χ4n) is 1.82. The summed E-state index contributed by atoms with van der Waals surface area (Å²) in [6.45, 7) is 0. The van der Waals surface area contributed by atoms with Crippen molar-refractivity contribution < 1.29 is 4.79 Å². The molecule has 0 saturated heterocycles. The van der Waals surface area contributed by atoms with E-state index in [9.17, 15) is 4.79 Å². The Bertz CT molecular complexity index is 800. The Labute approximate surface area is 127 Å². The number of nitrogen functional groups attached to an aromatic ring is 1. The molecule has 0 aliphatic carbocycles. The molecule has 0 saturated carbocycles. The lowest BCUT2D eigenvalue weighted by Gasteiger charge is -2.06. The van der Waals surface area contributed by atoms with Gasteiger partial charge in [0.1, 0.15) is 0 Å². The average molecular weight is 348 g/mol. The van der Waals surface area contributed by atoms with E-state index in [1.54, 1.807) is 35.0 Å². The van der Waals surface area contributed by atoms with Gasteiger partial charge in [0.25, 0.3) is 5.91 Å². The predicted molar refractivity (Wildman–Crippen MR) is 86.1 cm³/mol. The summed E-state index contributed by atoms with van der Waals surface area (Å²) in [5, 5.41) is 2.86. The molecule has 3 N–H and O–H groups in total. The van der Waals surface area contributed by atoms with E-state index in [4.69, 9.17) is 5.73 Å². The van der Waals surface area contributed by atoms with Crippen LogP contribution in [-0.2, 0) is 0 Å². The van der Waals surface area contributed by atoms with Crippen molar-refractivity contribution in [2.45, 2.75) is 0 Å². The van der Waals surface area contributed by atoms with Gasteiger partial charge in [-0.2, -0.15) is 0 Å². The lowest BCUT2D eigenvalue weighted by Crippen LogP contribution is -2.12. The number of carbonyl (C=O) groups is 1. The van der Waals surface area contributed by atoms with E-state index in [-0.39, 0.29) is 5.91 Å². The highest BCUT2D eigenvalue weighted by Gasteiger charge is 2.08. The van der Waals surface area contributed by atoms with Gasteiger partial charge in [0.05, 0.1) is 15.7 Å². The number of carbonyl (C=O) groups excluding carboxylic acids is 1. The smallest absolute Gasteiger partial charge is 0.255 e. The number of nitrogens with zero attached hydrogens (tertiary/aromatic N) is 1. The Balaban J connectivity index is 1.85. The van der Waals surface area contributed by atoms with Crippen LogP contribution in [0.25, 0.3) is 10.2 Å². The first-order chi connectivity index (χ1) is 9.63. The summed E-state index contributed by atoms with van der Waals surface area (Å²) in [6.07, 6.45) is 0. The van der Waals surface area contributed by atoms with E-state index in [1.807, 2.05) is 18.2 Å². The van der Waals surface area contributed by atoms with Gasteiger partial charge in [-0.25, -0.2) is 4.98 Å². The van der Waals surface area contributed by atoms with Gasteiger partial charge in [0.2, 0.25) is 0 Å². The maximum atomic E-state index is 12.2. The first kappa shape index (κ1) is 13.1. The number of fused-ring (bicyclic) bond motifs is 1. The number of benzene rings is 2. The van der Waals surface area contributed by atoms with Crippen LogP contribution in [0.3, 0.4) is 0 Å². The van der Waals surface area contributed by atoms with Crippen LogP contribution in [0.1, 0.15) is 10.4 Å². The first-order valence-electron chi connectivity index (χ1n) is 5.83. The van der Waals surface area contributed by atoms with Crippen LogP contribution in [0, 0.1) is 0 Å². The van der Waals surface area contributed by atoms with E-state index >= 15 is 0 Å². The third kappa shape index (κ3) is 2.52. The van der Waals surface area contributed by atoms with Crippen molar-refractivity contribution in [2.75, 3.05) is 11.1 Å². The van der Waals surface area contributed by atoms with E-state index in [1.165, 1.54) is 0 Å². The molecule has 0 aliphatic rings. The molecule has 20 heavy (non-hydrogen) atoms. The van der Waals surface area contributed by atoms with Gasteiger partial charge in [0, 0.05) is 21.4 Å². The van der Waals surface area contributed by atoms with Crippen molar-refractivity contribution >= 4 is 54.8 Å². The van der Waals surface area contributed by atoms with E-state index in [2.05, 4.69) is 26.2 Å². The second-order valence-corrected chi connectivity index (χ2v) is 5.97. The van der Waals surface area contributed by atoms with Crippen LogP contribution in [0.15, 0.2) is 46.4 Å². The zero-order valence-electron chi connectivity index (χ0n) is 10.3. The highest BCUT2D eigenvalue weighted by atomic mass is 79.9. The lowest BCUT2D eigenvalue weighted by atomic mass is 10.2. The molecular weight excluding hydrogens is 338 g/mol. The fourth-order valence-corrected chi connectivity index (χ4v) is 2.78. The molecule has 3 rings (SSSR count). The summed E-state index contributed by atoms with van der Waals surface area (Å²) in [5.74, 6) is -0.187. The quantitative estimate of drug-likeness (QED) is 0.691. The first-order valence-corrected chi connectivity index (χ1v) is 7.50. The number of nitrogens with two attached hydrogens (primary N) is 1. The van der Waals surface area contributed by atoms with Crippen molar-refractivity contribution in [3.05, 3.63) is 51.9 Å². The van der Waals surface area contributed by atoms with Crippen LogP contribution in [0.5, 0.6) is 0 Å². The average Bonchev–Trinajstić information content (AvgIpc) is 2.89. The topological polar surface area (TPSA) is 68.0 Å². The van der Waals surface area contributed by atoms with Crippen LogP contribution in [-0.4, -0.2) is 10.9 Å². The number of anilines is 2. The third-order valence-electron chi connectivity index (χ3n) is 2.85. The van der Waals surface area contributed by atoms with E-state index in [0.29, 0.717) is 11.3 Å². The van der Waals surface area contributed by atoms with Crippen LogP contribution >= 0.6 is 27.3 Å². The maximum absolute atomic E-state index is 12.2. The Morgan fingerprint density at radius 1 is 1.25 bits per heavy atom. The van der Waals surface area contributed by atoms with Crippen molar-refractivity contribution in [2.24, 2.45) is 0 Å². The molecule has 0 unspecified atom stereocenters. The van der Waals surface area contributed by atoms with Crippen molar-refractivity contribution in [1.29, 1.82) is 0 Å². The number of halogens is 1. The number of nitrogens with one attached hydrogen (secondary N) is 1. The number of thiazole rings is 1. The van der Waals surface area contributed by atoms with Gasteiger partial charge in [-0.15, -0.1) is 11.3 Å². The van der Waals surface area contributed by atoms with Gasteiger partial charge in [0.15, 0.2) is 0 Å². The minimum atomic E-state index is -0.187. The zero-order chi connectivity index (χ0) is 14.1. The molecule has 1 amide bonds. The summed E-state index contributed by atoms with van der Waals surface area (Å²) >= 11 is 4.85. The molecule has 1 heterocycles. The van der Waals surface area contributed by atoms with Gasteiger partial charge in [-0.3, -0.25) is 4.79 Å². The monoisotopic (exact) mass is 347 g/mol. The SMILES string of the molecule is Nc1cc(C(=O)Nc2ccc3ncsc3c2)ccc1Br. The second kappa shape index (κ2) is 5.22. The predicted octanol–water partition coefficient (Wildman–Crippen LogP) is 3.89. The zero-order valence-corrected chi connectivity index (χ0v) is 12.7. The highest BCUT2D eigenvalue weighted by Crippen LogP contribution is 2.23. The normalized spacial score (nSPS) is 10.7. The Morgan fingerprint density at radius 3 is 2.90 bits per heavy atom. The number of hydrogen-bond donors (Lipinski definition) is 2. The van der Waals surface area contributed by atoms with Crippen molar-refractivity contribution in [3.63, 3.8) is 0 Å². The fraction of sp³-hybridized carbons (Fsp3) is 0. The number of hydrogen-bond acceptors (Lipinski definition) is 4. The minimum Gasteiger partial charge on any atom is -0.398 e. The number of rotatable bonds is 2. The largest absolute Gasteiger partial charge is 0.398 e. The van der Waals surface area contributed by atoms with Gasteiger partial charge in [-0.1, -0.05) is 0 Å². The molecule has 3 aromatic rings. The Hall–Kier alpha value is -1.92. The molecule has 0 atom stereocenters. The summed E-state index contributed by atoms with van der Waals surface area (Å²) in [5.41, 5.74) is 10.3. The van der Waals surface area contributed by atoms with Crippen LogP contribution in [0.2, 0.25) is 0 Å². The lowest BCUT2D eigenvalue weighted by molar-refractivity contribution is 0.102. The van der Waals surface area contributed by atoms with Crippen LogP contribution in [0.4, 0.5) is 11.4 Å². The highest BCUT2D eigenvalue weighted by molar-refractivity contribution is 9.10. The van der Waals surface area contributed by atoms with E-state index in [0.717, 1.165) is 20.4 Å². The van der Waals surface area contributed by atoms with Crippen molar-refractivity contribution in [1.82, 2.24) is 4.98 Å². The maximum Gasteiger partial charge on any atom is 0.255 e. The summed E-state index contributed by atoms with van der Waals surface area (Å²) in [6, 6.07) is 10.8. The molecule has 0 aliphatic heterocycles.